The SMILES string of the molecule is COc1ccc(OC)c2c(C)cc(OC34CCCN(CC3)C4)nc12. The minimum atomic E-state index is -0.0720. The fourth-order valence-corrected chi connectivity index (χ4v) is 4.14. The summed E-state index contributed by atoms with van der Waals surface area (Å²) in [5, 5.41) is 0.985. The second-order valence-electron chi connectivity index (χ2n) is 6.89. The van der Waals surface area contributed by atoms with E-state index in [2.05, 4.69) is 11.8 Å². The lowest BCUT2D eigenvalue weighted by molar-refractivity contribution is 0.0412. The molecule has 2 saturated heterocycles. The quantitative estimate of drug-likeness (QED) is 0.862. The first-order valence-electron chi connectivity index (χ1n) is 8.58. The summed E-state index contributed by atoms with van der Waals surface area (Å²) in [6.07, 6.45) is 3.39. The maximum atomic E-state index is 6.45. The molecule has 24 heavy (non-hydrogen) atoms. The van der Waals surface area contributed by atoms with Crippen molar-refractivity contribution >= 4 is 10.9 Å². The van der Waals surface area contributed by atoms with Gasteiger partial charge in [0, 0.05) is 31.0 Å². The first kappa shape index (κ1) is 15.5. The number of hydrogen-bond acceptors (Lipinski definition) is 5. The average molecular weight is 328 g/mol. The largest absolute Gasteiger partial charge is 0.496 e. The number of piperidine rings is 1. The van der Waals surface area contributed by atoms with Crippen LogP contribution in [0.1, 0.15) is 24.8 Å². The minimum absolute atomic E-state index is 0.0720. The molecule has 0 N–H and O–H groups in total. The monoisotopic (exact) mass is 328 g/mol. The van der Waals surface area contributed by atoms with Crippen LogP contribution in [0.3, 0.4) is 0 Å². The predicted molar refractivity (Wildman–Crippen MR) is 93.2 cm³/mol. The van der Waals surface area contributed by atoms with Gasteiger partial charge in [0.1, 0.15) is 22.6 Å². The first-order chi connectivity index (χ1) is 11.6. The van der Waals surface area contributed by atoms with Crippen LogP contribution in [0, 0.1) is 6.92 Å². The van der Waals surface area contributed by atoms with Gasteiger partial charge in [-0.3, -0.25) is 4.90 Å². The Labute approximate surface area is 142 Å². The normalized spacial score (nSPS) is 25.7. The van der Waals surface area contributed by atoms with Crippen molar-refractivity contribution in [3.8, 4) is 17.4 Å². The fraction of sp³-hybridized carbons (Fsp3) is 0.526. The summed E-state index contributed by atoms with van der Waals surface area (Å²) in [6, 6.07) is 5.84. The molecule has 5 nitrogen and oxygen atoms in total. The van der Waals surface area contributed by atoms with Gasteiger partial charge in [-0.2, -0.15) is 0 Å². The van der Waals surface area contributed by atoms with Gasteiger partial charge in [0.25, 0.3) is 0 Å². The van der Waals surface area contributed by atoms with Gasteiger partial charge in [0.05, 0.1) is 14.2 Å². The van der Waals surface area contributed by atoms with Gasteiger partial charge in [0.15, 0.2) is 0 Å². The third kappa shape index (κ3) is 2.47. The van der Waals surface area contributed by atoms with Crippen molar-refractivity contribution in [1.82, 2.24) is 9.88 Å². The van der Waals surface area contributed by atoms with Gasteiger partial charge in [-0.05, 0) is 44.0 Å². The molecule has 2 bridgehead atoms. The van der Waals surface area contributed by atoms with Gasteiger partial charge in [-0.25, -0.2) is 4.98 Å². The van der Waals surface area contributed by atoms with Gasteiger partial charge in [0.2, 0.25) is 5.88 Å². The van der Waals surface area contributed by atoms with Crippen LogP contribution in [-0.2, 0) is 0 Å². The zero-order valence-electron chi connectivity index (χ0n) is 14.6. The van der Waals surface area contributed by atoms with E-state index in [-0.39, 0.29) is 5.60 Å². The van der Waals surface area contributed by atoms with Crippen LogP contribution in [-0.4, -0.2) is 49.3 Å². The van der Waals surface area contributed by atoms with Gasteiger partial charge < -0.3 is 14.2 Å². The van der Waals surface area contributed by atoms with Crippen molar-refractivity contribution in [2.45, 2.75) is 31.8 Å². The fourth-order valence-electron chi connectivity index (χ4n) is 4.14. The Morgan fingerprint density at radius 1 is 1.08 bits per heavy atom. The zero-order chi connectivity index (χ0) is 16.7. The standard InChI is InChI=1S/C19H24N2O3/c1-13-11-16(24-19-7-4-9-21(12-19)10-8-19)20-18-15(23-3)6-5-14(22-2)17(13)18/h5-6,11H,4,7-10,12H2,1-3H3. The van der Waals surface area contributed by atoms with Gasteiger partial charge in [-0.15, -0.1) is 0 Å². The van der Waals surface area contributed by atoms with Crippen LogP contribution in [0.2, 0.25) is 0 Å². The van der Waals surface area contributed by atoms with Crippen LogP contribution < -0.4 is 14.2 Å². The molecule has 2 aromatic rings. The molecule has 0 spiro atoms. The summed E-state index contributed by atoms with van der Waals surface area (Å²) in [6.45, 7) is 5.41. The van der Waals surface area contributed by atoms with Crippen molar-refractivity contribution in [3.05, 3.63) is 23.8 Å². The predicted octanol–water partition coefficient (Wildman–Crippen LogP) is 3.18. The number of fused-ring (bicyclic) bond motifs is 3. The molecular formula is C19H24N2O3. The lowest BCUT2D eigenvalue weighted by Crippen LogP contribution is -2.43. The Kier molecular flexibility index (Phi) is 3.76. The highest BCUT2D eigenvalue weighted by atomic mass is 16.5. The van der Waals surface area contributed by atoms with E-state index < -0.39 is 0 Å². The summed E-state index contributed by atoms with van der Waals surface area (Å²) >= 11 is 0. The smallest absolute Gasteiger partial charge is 0.214 e. The van der Waals surface area contributed by atoms with Crippen LogP contribution in [0.5, 0.6) is 17.4 Å². The highest BCUT2D eigenvalue weighted by Gasteiger charge is 2.43. The summed E-state index contributed by atoms with van der Waals surface area (Å²) in [4.78, 5) is 7.26. The number of aryl methyl sites for hydroxylation is 1. The molecule has 3 heterocycles. The van der Waals surface area contributed by atoms with Crippen molar-refractivity contribution in [1.29, 1.82) is 0 Å². The molecule has 2 aliphatic heterocycles. The number of benzene rings is 1. The molecule has 2 unspecified atom stereocenters. The van der Waals surface area contributed by atoms with E-state index in [1.165, 1.54) is 13.0 Å². The highest BCUT2D eigenvalue weighted by molar-refractivity contribution is 5.93. The third-order valence-corrected chi connectivity index (χ3v) is 5.32. The number of rotatable bonds is 4. The third-order valence-electron chi connectivity index (χ3n) is 5.32. The Hall–Kier alpha value is -2.01. The van der Waals surface area contributed by atoms with E-state index in [9.17, 15) is 0 Å². The minimum Gasteiger partial charge on any atom is -0.496 e. The van der Waals surface area contributed by atoms with Crippen molar-refractivity contribution in [2.24, 2.45) is 0 Å². The maximum absolute atomic E-state index is 6.45. The number of nitrogens with zero attached hydrogens (tertiary/aromatic N) is 2. The number of ether oxygens (including phenoxy) is 3. The number of hydrogen-bond donors (Lipinski definition) is 0. The van der Waals surface area contributed by atoms with E-state index in [1.807, 2.05) is 18.2 Å². The summed E-state index contributed by atoms with van der Waals surface area (Å²) in [7, 11) is 3.35. The molecule has 1 aromatic heterocycles. The number of pyridine rings is 1. The average Bonchev–Trinajstić information content (AvgIpc) is 2.87. The maximum Gasteiger partial charge on any atom is 0.214 e. The second-order valence-corrected chi connectivity index (χ2v) is 6.89. The van der Waals surface area contributed by atoms with Crippen molar-refractivity contribution in [2.75, 3.05) is 33.9 Å². The lowest BCUT2D eigenvalue weighted by atomic mass is 9.94. The Morgan fingerprint density at radius 3 is 2.67 bits per heavy atom. The van der Waals surface area contributed by atoms with E-state index in [0.717, 1.165) is 53.9 Å². The second kappa shape index (κ2) is 5.81. The molecule has 2 fully saturated rings. The van der Waals surface area contributed by atoms with Gasteiger partial charge >= 0.3 is 0 Å². The molecule has 0 aliphatic carbocycles. The van der Waals surface area contributed by atoms with Crippen molar-refractivity contribution < 1.29 is 14.2 Å². The topological polar surface area (TPSA) is 43.8 Å². The molecule has 0 saturated carbocycles. The van der Waals surface area contributed by atoms with Crippen molar-refractivity contribution in [3.63, 3.8) is 0 Å². The lowest BCUT2D eigenvalue weighted by Gasteiger charge is -2.34. The van der Waals surface area contributed by atoms with E-state index in [1.54, 1.807) is 14.2 Å². The molecule has 4 rings (SSSR count). The van der Waals surface area contributed by atoms with Crippen LogP contribution >= 0.6 is 0 Å². The summed E-state index contributed by atoms with van der Waals surface area (Å²) in [5.74, 6) is 2.24. The molecule has 2 aliphatic rings. The highest BCUT2D eigenvalue weighted by Crippen LogP contribution is 2.39. The molecule has 1 aromatic carbocycles. The summed E-state index contributed by atoms with van der Waals surface area (Å²) in [5.41, 5.74) is 1.82. The van der Waals surface area contributed by atoms with E-state index in [4.69, 9.17) is 19.2 Å². The van der Waals surface area contributed by atoms with Crippen LogP contribution in [0.4, 0.5) is 0 Å². The van der Waals surface area contributed by atoms with Crippen LogP contribution in [0.25, 0.3) is 10.9 Å². The Bertz CT molecular complexity index is 773. The molecule has 5 heteroatoms. The number of aromatic nitrogens is 1. The van der Waals surface area contributed by atoms with Gasteiger partial charge in [-0.1, -0.05) is 0 Å². The zero-order valence-corrected chi connectivity index (χ0v) is 14.6. The van der Waals surface area contributed by atoms with E-state index >= 15 is 0 Å². The first-order valence-corrected chi connectivity index (χ1v) is 8.58. The summed E-state index contributed by atoms with van der Waals surface area (Å²) < 4.78 is 17.5. The molecule has 128 valence electrons. The molecule has 0 amide bonds. The Balaban J connectivity index is 1.77. The van der Waals surface area contributed by atoms with E-state index in [0.29, 0.717) is 5.88 Å². The molecular weight excluding hydrogens is 304 g/mol. The molecule has 2 atom stereocenters. The van der Waals surface area contributed by atoms with Crippen LogP contribution in [0.15, 0.2) is 18.2 Å². The molecule has 0 radical (unpaired) electrons. The Morgan fingerprint density at radius 2 is 1.88 bits per heavy atom. The number of methoxy groups -OCH3 is 2.